The maximum atomic E-state index is 13.2. The summed E-state index contributed by atoms with van der Waals surface area (Å²) in [7, 11) is 0. The summed E-state index contributed by atoms with van der Waals surface area (Å²) in [6.45, 7) is 2.91. The van der Waals surface area contributed by atoms with E-state index in [9.17, 15) is 24.1 Å². The number of amides is 1. The lowest BCUT2D eigenvalue weighted by molar-refractivity contribution is -0.387. The number of aryl methyl sites for hydroxylation is 1. The number of rotatable bonds is 5. The van der Waals surface area contributed by atoms with Crippen molar-refractivity contribution >= 4 is 23.3 Å². The van der Waals surface area contributed by atoms with Crippen LogP contribution in [0.15, 0.2) is 28.8 Å². The summed E-state index contributed by atoms with van der Waals surface area (Å²) in [6, 6.07) is 4.20. The van der Waals surface area contributed by atoms with Crippen LogP contribution in [0.4, 0.5) is 15.8 Å². The number of halogens is 1. The van der Waals surface area contributed by atoms with Crippen LogP contribution >= 0.6 is 0 Å². The third kappa shape index (κ3) is 3.91. The average molecular weight is 337 g/mol. The summed E-state index contributed by atoms with van der Waals surface area (Å²) in [5.74, 6) is -2.83. The number of anilines is 1. The van der Waals surface area contributed by atoms with Gasteiger partial charge in [-0.15, -0.1) is 0 Å². The molecule has 10 heteroatoms. The van der Waals surface area contributed by atoms with Gasteiger partial charge in [-0.2, -0.15) is 4.39 Å². The summed E-state index contributed by atoms with van der Waals surface area (Å²) >= 11 is 0. The van der Waals surface area contributed by atoms with E-state index in [0.717, 1.165) is 18.2 Å². The van der Waals surface area contributed by atoms with Crippen LogP contribution in [0, 0.1) is 22.9 Å². The Morgan fingerprint density at radius 1 is 1.42 bits per heavy atom. The number of carbonyl (C=O) groups excluding carboxylic acids is 2. The van der Waals surface area contributed by atoms with Crippen molar-refractivity contribution in [3.05, 3.63) is 51.7 Å². The van der Waals surface area contributed by atoms with Gasteiger partial charge >= 0.3 is 11.7 Å². The first-order valence-electron chi connectivity index (χ1n) is 6.67. The zero-order valence-electron chi connectivity index (χ0n) is 12.6. The first-order chi connectivity index (χ1) is 11.3. The Morgan fingerprint density at radius 2 is 2.12 bits per heavy atom. The average Bonchev–Trinajstić information content (AvgIpc) is 2.95. The highest BCUT2D eigenvalue weighted by Crippen LogP contribution is 2.21. The van der Waals surface area contributed by atoms with E-state index >= 15 is 0 Å². The molecule has 2 rings (SSSR count). The van der Waals surface area contributed by atoms with E-state index in [4.69, 9.17) is 9.26 Å². The fraction of sp³-hybridized carbons (Fsp3) is 0.214. The van der Waals surface area contributed by atoms with Crippen LogP contribution in [-0.4, -0.2) is 28.1 Å². The highest BCUT2D eigenvalue weighted by Gasteiger charge is 2.23. The lowest BCUT2D eigenvalue weighted by atomic mass is 10.2. The Balaban J connectivity index is 2.02. The molecule has 0 aliphatic carbocycles. The maximum Gasteiger partial charge on any atom is 0.377 e. The van der Waals surface area contributed by atoms with Gasteiger partial charge in [-0.3, -0.25) is 14.9 Å². The van der Waals surface area contributed by atoms with Crippen molar-refractivity contribution in [1.82, 2.24) is 5.16 Å². The van der Waals surface area contributed by atoms with Crippen LogP contribution < -0.4 is 5.32 Å². The van der Waals surface area contributed by atoms with Crippen molar-refractivity contribution in [2.24, 2.45) is 0 Å². The molecule has 9 nitrogen and oxygen atoms in total. The molecule has 0 unspecified atom stereocenters. The Bertz CT molecular complexity index is 804. The van der Waals surface area contributed by atoms with Crippen molar-refractivity contribution in [1.29, 1.82) is 0 Å². The van der Waals surface area contributed by atoms with Gasteiger partial charge in [0, 0.05) is 17.8 Å². The van der Waals surface area contributed by atoms with Gasteiger partial charge in [-0.25, -0.2) is 4.79 Å². The van der Waals surface area contributed by atoms with Crippen LogP contribution in [0.3, 0.4) is 0 Å². The largest absolute Gasteiger partial charge is 0.447 e. The molecule has 1 N–H and O–H groups in total. The molecule has 0 fully saturated rings. The van der Waals surface area contributed by atoms with Crippen LogP contribution in [0.25, 0.3) is 0 Å². The second-order valence-electron chi connectivity index (χ2n) is 4.79. The van der Waals surface area contributed by atoms with E-state index in [0.29, 0.717) is 5.69 Å². The van der Waals surface area contributed by atoms with E-state index in [1.54, 1.807) is 6.92 Å². The van der Waals surface area contributed by atoms with Crippen molar-refractivity contribution in [3.8, 4) is 0 Å². The smallest absolute Gasteiger partial charge is 0.377 e. The van der Waals surface area contributed by atoms with Gasteiger partial charge in [0.2, 0.25) is 11.6 Å². The van der Waals surface area contributed by atoms with Gasteiger partial charge < -0.3 is 14.6 Å². The molecule has 1 aromatic carbocycles. The first-order valence-corrected chi connectivity index (χ1v) is 6.67. The van der Waals surface area contributed by atoms with Crippen molar-refractivity contribution in [3.63, 3.8) is 0 Å². The maximum absolute atomic E-state index is 13.2. The molecule has 1 amide bonds. The minimum Gasteiger partial charge on any atom is -0.447 e. The quantitative estimate of drug-likeness (QED) is 0.504. The predicted octanol–water partition coefficient (Wildman–Crippen LogP) is 2.21. The van der Waals surface area contributed by atoms with Gasteiger partial charge in [-0.1, -0.05) is 5.16 Å². The number of nitrogens with zero attached hydrogens (tertiary/aromatic N) is 2. The number of hydrogen-bond donors (Lipinski definition) is 1. The summed E-state index contributed by atoms with van der Waals surface area (Å²) in [6.07, 6.45) is -1.22. The molecule has 1 atom stereocenters. The number of benzene rings is 1. The standard InChI is InChI=1S/C14H12FN3O6/c1-7-5-12(24-17-7)14(20)23-8(2)13(19)16-9-3-4-10(15)11(6-9)18(21)22/h3-6,8H,1-2H3,(H,16,19)/t8-/m0/s1. The molecule has 1 aromatic heterocycles. The number of nitrogens with one attached hydrogen (secondary N) is 1. The van der Waals surface area contributed by atoms with Gasteiger partial charge in [-0.05, 0) is 26.0 Å². The Morgan fingerprint density at radius 3 is 2.71 bits per heavy atom. The molecule has 0 spiro atoms. The van der Waals surface area contributed by atoms with Crippen LogP contribution in [-0.2, 0) is 9.53 Å². The Hall–Kier alpha value is -3.30. The minimum atomic E-state index is -1.22. The van der Waals surface area contributed by atoms with Crippen molar-refractivity contribution < 1.29 is 28.2 Å². The summed E-state index contributed by atoms with van der Waals surface area (Å²) in [5, 5.41) is 16.5. The molecule has 0 aliphatic heterocycles. The van der Waals surface area contributed by atoms with Crippen LogP contribution in [0.5, 0.6) is 0 Å². The monoisotopic (exact) mass is 337 g/mol. The summed E-state index contributed by atoms with van der Waals surface area (Å²) < 4.78 is 22.8. The van der Waals surface area contributed by atoms with E-state index < -0.39 is 34.4 Å². The number of nitro benzene ring substituents is 1. The molecule has 0 bridgehead atoms. The number of esters is 1. The fourth-order valence-corrected chi connectivity index (χ4v) is 1.71. The lowest BCUT2D eigenvalue weighted by Crippen LogP contribution is -2.29. The van der Waals surface area contributed by atoms with E-state index in [2.05, 4.69) is 10.5 Å². The minimum absolute atomic E-state index is 0.00786. The number of ether oxygens (including phenoxy) is 1. The number of aromatic nitrogens is 1. The topological polar surface area (TPSA) is 125 Å². The Kier molecular flexibility index (Phi) is 4.87. The zero-order chi connectivity index (χ0) is 17.9. The van der Waals surface area contributed by atoms with Gasteiger partial charge in [0.05, 0.1) is 10.6 Å². The second-order valence-corrected chi connectivity index (χ2v) is 4.79. The molecule has 0 aliphatic rings. The summed E-state index contributed by atoms with van der Waals surface area (Å²) in [4.78, 5) is 33.4. The molecule has 2 aromatic rings. The molecule has 0 saturated carbocycles. The molecular formula is C14H12FN3O6. The first kappa shape index (κ1) is 17.1. The predicted molar refractivity (Wildman–Crippen MR) is 77.8 cm³/mol. The lowest BCUT2D eigenvalue weighted by Gasteiger charge is -2.12. The third-order valence-corrected chi connectivity index (χ3v) is 2.89. The van der Waals surface area contributed by atoms with Gasteiger partial charge in [0.15, 0.2) is 6.10 Å². The van der Waals surface area contributed by atoms with Crippen molar-refractivity contribution in [2.75, 3.05) is 5.32 Å². The molecule has 0 radical (unpaired) electrons. The van der Waals surface area contributed by atoms with Crippen molar-refractivity contribution in [2.45, 2.75) is 20.0 Å². The molecule has 0 saturated heterocycles. The molecular weight excluding hydrogens is 325 g/mol. The van der Waals surface area contributed by atoms with Crippen LogP contribution in [0.1, 0.15) is 23.2 Å². The third-order valence-electron chi connectivity index (χ3n) is 2.89. The number of carbonyl (C=O) groups is 2. The van der Waals surface area contributed by atoms with Gasteiger partial charge in [0.25, 0.3) is 5.91 Å². The van der Waals surface area contributed by atoms with Crippen LogP contribution in [0.2, 0.25) is 0 Å². The SMILES string of the molecule is Cc1cc(C(=O)O[C@@H](C)C(=O)Nc2ccc(F)c([N+](=O)[O-])c2)on1. The Labute approximate surface area is 134 Å². The number of hydrogen-bond acceptors (Lipinski definition) is 7. The molecule has 24 heavy (non-hydrogen) atoms. The zero-order valence-corrected chi connectivity index (χ0v) is 12.6. The fourth-order valence-electron chi connectivity index (χ4n) is 1.71. The summed E-state index contributed by atoms with van der Waals surface area (Å²) in [5.41, 5.74) is -0.321. The van der Waals surface area contributed by atoms with E-state index in [1.807, 2.05) is 0 Å². The van der Waals surface area contributed by atoms with Gasteiger partial charge in [0.1, 0.15) is 0 Å². The van der Waals surface area contributed by atoms with E-state index in [-0.39, 0.29) is 11.4 Å². The normalized spacial score (nSPS) is 11.6. The number of nitro groups is 1. The molecule has 126 valence electrons. The highest BCUT2D eigenvalue weighted by atomic mass is 19.1. The highest BCUT2D eigenvalue weighted by molar-refractivity contribution is 5.96. The molecule has 1 heterocycles. The second kappa shape index (κ2) is 6.86. The van der Waals surface area contributed by atoms with E-state index in [1.165, 1.54) is 13.0 Å².